The fourth-order valence-electron chi connectivity index (χ4n) is 4.54. The van der Waals surface area contributed by atoms with Crippen molar-refractivity contribution in [3.63, 3.8) is 0 Å². The van der Waals surface area contributed by atoms with E-state index in [1.807, 2.05) is 7.05 Å². The smallest absolute Gasteiger partial charge is 0.193 e. The maximum Gasteiger partial charge on any atom is 0.193 e. The molecule has 0 spiro atoms. The summed E-state index contributed by atoms with van der Waals surface area (Å²) in [6.45, 7) is 5.97. The summed E-state index contributed by atoms with van der Waals surface area (Å²) < 4.78 is 5.52. The molecule has 6 heteroatoms. The lowest BCUT2D eigenvalue weighted by atomic mass is 9.94. The van der Waals surface area contributed by atoms with Crippen molar-refractivity contribution in [3.05, 3.63) is 35.9 Å². The highest BCUT2D eigenvalue weighted by molar-refractivity contribution is 14.0. The summed E-state index contributed by atoms with van der Waals surface area (Å²) in [5.74, 6) is 1.60. The van der Waals surface area contributed by atoms with Crippen molar-refractivity contribution in [1.82, 2.24) is 15.5 Å². The number of guanidine groups is 1. The monoisotopic (exact) mass is 500 g/mol. The van der Waals surface area contributed by atoms with Crippen LogP contribution in [-0.4, -0.2) is 56.8 Å². The van der Waals surface area contributed by atoms with E-state index in [-0.39, 0.29) is 29.5 Å². The van der Waals surface area contributed by atoms with Gasteiger partial charge < -0.3 is 20.3 Å². The lowest BCUT2D eigenvalue weighted by Gasteiger charge is -2.36. The second-order valence-electron chi connectivity index (χ2n) is 8.28. The molecule has 2 atom stereocenters. The zero-order valence-electron chi connectivity index (χ0n) is 17.6. The third-order valence-electron chi connectivity index (χ3n) is 6.10. The zero-order valence-corrected chi connectivity index (χ0v) is 19.9. The fourth-order valence-corrected chi connectivity index (χ4v) is 4.54. The molecular weight excluding hydrogens is 463 g/mol. The second kappa shape index (κ2) is 11.4. The maximum absolute atomic E-state index is 5.52. The summed E-state index contributed by atoms with van der Waals surface area (Å²) in [6.07, 6.45) is 6.18. The molecule has 158 valence electrons. The molecule has 1 aliphatic heterocycles. The summed E-state index contributed by atoms with van der Waals surface area (Å²) in [5, 5.41) is 7.60. The van der Waals surface area contributed by atoms with Crippen molar-refractivity contribution in [3.8, 4) is 0 Å². The van der Waals surface area contributed by atoms with Gasteiger partial charge in [0.1, 0.15) is 0 Å². The Labute approximate surface area is 187 Å². The largest absolute Gasteiger partial charge is 0.381 e. The Kier molecular flexibility index (Phi) is 9.50. The van der Waals surface area contributed by atoms with Crippen LogP contribution in [0.2, 0.25) is 0 Å². The molecule has 5 nitrogen and oxygen atoms in total. The SMILES string of the molecule is CN=C(NCC1(NC(C)c2ccccc2)CCCC1)N(C)CC1CCOC1.I. The molecule has 1 aromatic carbocycles. The topological polar surface area (TPSA) is 48.9 Å². The first-order chi connectivity index (χ1) is 13.1. The van der Waals surface area contributed by atoms with Crippen LogP contribution < -0.4 is 10.6 Å². The van der Waals surface area contributed by atoms with Gasteiger partial charge in [-0.15, -0.1) is 24.0 Å². The van der Waals surface area contributed by atoms with E-state index in [4.69, 9.17) is 4.74 Å². The second-order valence-corrected chi connectivity index (χ2v) is 8.28. The molecule has 0 amide bonds. The summed E-state index contributed by atoms with van der Waals surface area (Å²) in [5.41, 5.74) is 1.49. The van der Waals surface area contributed by atoms with Crippen molar-refractivity contribution < 1.29 is 4.74 Å². The third-order valence-corrected chi connectivity index (χ3v) is 6.10. The quantitative estimate of drug-likeness (QED) is 0.340. The van der Waals surface area contributed by atoms with Gasteiger partial charge in [0.05, 0.1) is 6.61 Å². The number of aliphatic imine (C=N–C) groups is 1. The van der Waals surface area contributed by atoms with Gasteiger partial charge in [-0.1, -0.05) is 43.2 Å². The first-order valence-corrected chi connectivity index (χ1v) is 10.4. The fraction of sp³-hybridized carbons (Fsp3) is 0.682. The van der Waals surface area contributed by atoms with Crippen molar-refractivity contribution in [2.45, 2.75) is 50.6 Å². The average molecular weight is 500 g/mol. The van der Waals surface area contributed by atoms with Gasteiger partial charge >= 0.3 is 0 Å². The summed E-state index contributed by atoms with van der Waals surface area (Å²) in [4.78, 5) is 6.77. The summed E-state index contributed by atoms with van der Waals surface area (Å²) in [7, 11) is 4.01. The van der Waals surface area contributed by atoms with Crippen LogP contribution in [0.1, 0.15) is 50.6 Å². The molecule has 2 aliphatic rings. The van der Waals surface area contributed by atoms with E-state index < -0.39 is 0 Å². The van der Waals surface area contributed by atoms with Crippen LogP contribution in [0.5, 0.6) is 0 Å². The molecule has 1 aromatic rings. The van der Waals surface area contributed by atoms with E-state index in [9.17, 15) is 0 Å². The molecule has 2 unspecified atom stereocenters. The minimum Gasteiger partial charge on any atom is -0.381 e. The van der Waals surface area contributed by atoms with E-state index in [0.717, 1.165) is 38.7 Å². The number of nitrogens with one attached hydrogen (secondary N) is 2. The maximum atomic E-state index is 5.52. The van der Waals surface area contributed by atoms with Crippen LogP contribution in [0, 0.1) is 5.92 Å². The molecule has 2 fully saturated rings. The van der Waals surface area contributed by atoms with Crippen molar-refractivity contribution >= 4 is 29.9 Å². The standard InChI is InChI=1S/C22H36N4O.HI/c1-18(20-9-5-4-6-10-20)25-22(12-7-8-13-22)17-24-21(23-2)26(3)15-19-11-14-27-16-19;/h4-6,9-10,18-19,25H,7-8,11-17H2,1-3H3,(H,23,24);1H. The van der Waals surface area contributed by atoms with Gasteiger partial charge in [0.2, 0.25) is 0 Å². The Bertz CT molecular complexity index is 598. The van der Waals surface area contributed by atoms with Crippen molar-refractivity contribution in [2.24, 2.45) is 10.9 Å². The van der Waals surface area contributed by atoms with Gasteiger partial charge in [-0.05, 0) is 31.7 Å². The van der Waals surface area contributed by atoms with Crippen LogP contribution in [-0.2, 0) is 4.74 Å². The summed E-state index contributed by atoms with van der Waals surface area (Å²) in [6, 6.07) is 11.1. The van der Waals surface area contributed by atoms with E-state index in [2.05, 4.69) is 64.8 Å². The molecule has 2 N–H and O–H groups in total. The van der Waals surface area contributed by atoms with Crippen molar-refractivity contribution in [2.75, 3.05) is 40.4 Å². The van der Waals surface area contributed by atoms with Gasteiger partial charge in [-0.25, -0.2) is 0 Å². The molecular formula is C22H37IN4O. The number of nitrogens with zero attached hydrogens (tertiary/aromatic N) is 2. The Morgan fingerprint density at radius 2 is 2.00 bits per heavy atom. The van der Waals surface area contributed by atoms with E-state index in [1.54, 1.807) is 0 Å². The van der Waals surface area contributed by atoms with Crippen LogP contribution in [0.15, 0.2) is 35.3 Å². The molecule has 1 aliphatic carbocycles. The lowest BCUT2D eigenvalue weighted by molar-refractivity contribution is 0.181. The molecule has 3 rings (SSSR count). The minimum atomic E-state index is 0. The van der Waals surface area contributed by atoms with Crippen LogP contribution in [0.3, 0.4) is 0 Å². The lowest BCUT2D eigenvalue weighted by Crippen LogP contribution is -2.54. The number of hydrogen-bond donors (Lipinski definition) is 2. The van der Waals surface area contributed by atoms with E-state index >= 15 is 0 Å². The normalized spacial score (nSPS) is 22.5. The van der Waals surface area contributed by atoms with Crippen molar-refractivity contribution in [1.29, 1.82) is 0 Å². The molecule has 0 bridgehead atoms. The predicted octanol–water partition coefficient (Wildman–Crippen LogP) is 3.81. The van der Waals surface area contributed by atoms with Crippen LogP contribution >= 0.6 is 24.0 Å². The summed E-state index contributed by atoms with van der Waals surface area (Å²) >= 11 is 0. The molecule has 0 aromatic heterocycles. The molecule has 1 heterocycles. The molecule has 0 radical (unpaired) electrons. The van der Waals surface area contributed by atoms with Gasteiger partial charge in [-0.3, -0.25) is 4.99 Å². The highest BCUT2D eigenvalue weighted by Crippen LogP contribution is 2.32. The van der Waals surface area contributed by atoms with E-state index in [0.29, 0.717) is 12.0 Å². The number of hydrogen-bond acceptors (Lipinski definition) is 3. The number of ether oxygens (including phenoxy) is 1. The van der Waals surface area contributed by atoms with Gasteiger partial charge in [-0.2, -0.15) is 0 Å². The number of halogens is 1. The highest BCUT2D eigenvalue weighted by Gasteiger charge is 2.35. The van der Waals surface area contributed by atoms with Gasteiger partial charge in [0, 0.05) is 51.3 Å². The number of benzene rings is 1. The first-order valence-electron chi connectivity index (χ1n) is 10.4. The highest BCUT2D eigenvalue weighted by atomic mass is 127. The molecule has 28 heavy (non-hydrogen) atoms. The molecule has 1 saturated carbocycles. The van der Waals surface area contributed by atoms with Gasteiger partial charge in [0.15, 0.2) is 5.96 Å². The minimum absolute atomic E-state index is 0. The van der Waals surface area contributed by atoms with Gasteiger partial charge in [0.25, 0.3) is 0 Å². The first kappa shape index (κ1) is 23.4. The number of rotatable bonds is 7. The zero-order chi connectivity index (χ0) is 19.1. The Hall–Kier alpha value is -0.860. The predicted molar refractivity (Wildman–Crippen MR) is 128 cm³/mol. The Morgan fingerprint density at radius 3 is 2.61 bits per heavy atom. The third kappa shape index (κ3) is 6.32. The van der Waals surface area contributed by atoms with Crippen LogP contribution in [0.4, 0.5) is 0 Å². The Balaban J connectivity index is 0.00000280. The van der Waals surface area contributed by atoms with E-state index in [1.165, 1.54) is 31.2 Å². The van der Waals surface area contributed by atoms with Crippen LogP contribution in [0.25, 0.3) is 0 Å². The molecule has 1 saturated heterocycles. The Morgan fingerprint density at radius 1 is 1.29 bits per heavy atom. The average Bonchev–Trinajstić information content (AvgIpc) is 3.35.